The normalized spacial score (nSPS) is 41.9. The molecule has 17 nitrogen and oxygen atoms in total. The third kappa shape index (κ3) is 9.21. The number of nitrogens with one attached hydrogen (secondary N) is 3. The molecular formula is C26H53N7O10. The molecule has 1 saturated carbocycles. The molecule has 6 unspecified atom stereocenters. The van der Waals surface area contributed by atoms with Crippen LogP contribution in [0.5, 0.6) is 0 Å². The van der Waals surface area contributed by atoms with E-state index in [-0.39, 0.29) is 38.7 Å². The molecule has 14 atom stereocenters. The van der Waals surface area contributed by atoms with Crippen LogP contribution in [0.1, 0.15) is 32.6 Å². The number of likely N-dealkylation sites (N-methyl/N-ethyl adjacent to an activating group) is 1. The van der Waals surface area contributed by atoms with Crippen LogP contribution in [0.4, 0.5) is 0 Å². The summed E-state index contributed by atoms with van der Waals surface area (Å²) in [6.45, 7) is 2.33. The van der Waals surface area contributed by atoms with Crippen LogP contribution in [0.2, 0.25) is 0 Å². The van der Waals surface area contributed by atoms with Gasteiger partial charge in [0, 0.05) is 25.2 Å². The summed E-state index contributed by atoms with van der Waals surface area (Å²) in [5, 5.41) is 61.3. The Labute approximate surface area is 251 Å². The average Bonchev–Trinajstić information content (AvgIpc) is 2.95. The number of nitrogens with two attached hydrogens (primary N) is 4. The Bertz CT molecular complexity index is 863. The van der Waals surface area contributed by atoms with Crippen LogP contribution >= 0.6 is 0 Å². The number of hydrogen-bond donors (Lipinski definition) is 12. The molecule has 1 amide bonds. The monoisotopic (exact) mass is 623 g/mol. The summed E-state index contributed by atoms with van der Waals surface area (Å²) in [6, 6.07) is -4.06. The van der Waals surface area contributed by atoms with Gasteiger partial charge in [-0.15, -0.1) is 0 Å². The van der Waals surface area contributed by atoms with Crippen molar-refractivity contribution in [2.45, 2.75) is 118 Å². The van der Waals surface area contributed by atoms with Crippen LogP contribution in [0.15, 0.2) is 0 Å². The minimum atomic E-state index is -1.59. The van der Waals surface area contributed by atoms with E-state index in [0.29, 0.717) is 25.9 Å². The van der Waals surface area contributed by atoms with Crippen molar-refractivity contribution >= 4 is 5.91 Å². The minimum absolute atomic E-state index is 0.0175. The summed E-state index contributed by atoms with van der Waals surface area (Å²) >= 11 is 0. The molecule has 0 aromatic rings. The van der Waals surface area contributed by atoms with E-state index in [1.807, 2.05) is 0 Å². The first-order chi connectivity index (χ1) is 20.3. The van der Waals surface area contributed by atoms with E-state index >= 15 is 0 Å². The van der Waals surface area contributed by atoms with Gasteiger partial charge in [0.2, 0.25) is 0 Å². The van der Waals surface area contributed by atoms with Gasteiger partial charge in [0.05, 0.1) is 37.4 Å². The number of carbonyl (C=O) groups is 1. The van der Waals surface area contributed by atoms with E-state index in [4.69, 9.17) is 47.0 Å². The number of hydrogen-bond acceptors (Lipinski definition) is 16. The number of ether oxygens (including phenoxy) is 4. The van der Waals surface area contributed by atoms with Crippen LogP contribution in [-0.2, 0) is 23.7 Å². The van der Waals surface area contributed by atoms with Crippen molar-refractivity contribution in [3.8, 4) is 0 Å². The second-order valence-corrected chi connectivity index (χ2v) is 12.0. The lowest BCUT2D eigenvalue weighted by Gasteiger charge is -2.49. The van der Waals surface area contributed by atoms with Crippen molar-refractivity contribution in [2.24, 2.45) is 22.9 Å². The Hall–Kier alpha value is -1.13. The molecule has 3 fully saturated rings. The van der Waals surface area contributed by atoms with Gasteiger partial charge in [-0.25, -0.2) is 0 Å². The molecule has 0 bridgehead atoms. The largest absolute Gasteiger partial charge is 0.395 e. The van der Waals surface area contributed by atoms with Crippen molar-refractivity contribution < 1.29 is 49.3 Å². The van der Waals surface area contributed by atoms with Gasteiger partial charge >= 0.3 is 0 Å². The average molecular weight is 624 g/mol. The molecule has 0 aromatic carbocycles. The lowest BCUT2D eigenvalue weighted by molar-refractivity contribution is -0.307. The topological polar surface area (TPSA) is 295 Å². The van der Waals surface area contributed by atoms with Gasteiger partial charge < -0.3 is 83.4 Å². The summed E-state index contributed by atoms with van der Waals surface area (Å²) in [7, 11) is 1.57. The van der Waals surface area contributed by atoms with E-state index in [0.717, 1.165) is 0 Å². The summed E-state index contributed by atoms with van der Waals surface area (Å²) < 4.78 is 24.0. The quantitative estimate of drug-likeness (QED) is 0.0801. The van der Waals surface area contributed by atoms with Crippen LogP contribution < -0.4 is 38.9 Å². The smallest absolute Gasteiger partial charge is 0.250 e. The zero-order chi connectivity index (χ0) is 31.9. The van der Waals surface area contributed by atoms with Gasteiger partial charge in [0.25, 0.3) is 5.91 Å². The highest BCUT2D eigenvalue weighted by atomic mass is 16.7. The molecule has 0 radical (unpaired) electrons. The molecule has 3 rings (SSSR count). The summed E-state index contributed by atoms with van der Waals surface area (Å²) in [5.74, 6) is -0.810. The first-order valence-electron chi connectivity index (χ1n) is 14.9. The Balaban J connectivity index is 1.80. The highest BCUT2D eigenvalue weighted by Gasteiger charge is 2.52. The van der Waals surface area contributed by atoms with Crippen LogP contribution in [0.3, 0.4) is 0 Å². The molecular weight excluding hydrogens is 570 g/mol. The molecule has 2 aliphatic heterocycles. The predicted molar refractivity (Wildman–Crippen MR) is 153 cm³/mol. The SMILES string of the molecule is CN[C@@H]1C(O)[C@@H](OC2C(O)C(O[C@H]3O[C@H](CNCCO)CCC3N)[C@@H](N)C[C@H]2NC(=O)[C@@H](O)[C@@H](N)CCN)OCC1(C)O. The number of amides is 1. The molecule has 252 valence electrons. The highest BCUT2D eigenvalue weighted by molar-refractivity contribution is 5.81. The maximum absolute atomic E-state index is 12.9. The molecule has 16 N–H and O–H groups in total. The van der Waals surface area contributed by atoms with Crippen molar-refractivity contribution in [3.63, 3.8) is 0 Å². The van der Waals surface area contributed by atoms with Gasteiger partial charge in [-0.05, 0) is 46.2 Å². The first-order valence-corrected chi connectivity index (χ1v) is 14.9. The molecule has 3 aliphatic rings. The Morgan fingerprint density at radius 1 is 1.12 bits per heavy atom. The van der Waals surface area contributed by atoms with Gasteiger partial charge in [-0.3, -0.25) is 4.79 Å². The Kier molecular flexibility index (Phi) is 13.9. The molecule has 0 spiro atoms. The van der Waals surface area contributed by atoms with Gasteiger partial charge in [-0.1, -0.05) is 0 Å². The lowest BCUT2D eigenvalue weighted by atomic mass is 9.83. The van der Waals surface area contributed by atoms with E-state index < -0.39 is 84.8 Å². The maximum Gasteiger partial charge on any atom is 0.250 e. The van der Waals surface area contributed by atoms with Crippen LogP contribution in [0.25, 0.3) is 0 Å². The standard InChI is InChI=1S/C26H53N7O10/c1-26(39)11-40-25(19(37)22(26)31-2)43-21-16(33-23(38)17(35)13(28)5-6-27)9-15(30)20(18(21)36)42-24-14(29)4-3-12(41-24)10-32-7-8-34/h12-22,24-25,31-32,34-37,39H,3-11,27-30H2,1-2H3,(H,33,38)/t12-,13-,14?,15-,16+,17-,18?,19?,20?,21?,22+,24+,25+,26?/m0/s1. The minimum Gasteiger partial charge on any atom is -0.395 e. The van der Waals surface area contributed by atoms with E-state index in [1.54, 1.807) is 7.05 Å². The second-order valence-electron chi connectivity index (χ2n) is 12.0. The molecule has 1 aliphatic carbocycles. The number of aliphatic hydroxyl groups is 5. The second kappa shape index (κ2) is 16.4. The Morgan fingerprint density at radius 2 is 1.81 bits per heavy atom. The molecule has 17 heteroatoms. The number of aliphatic hydroxyl groups excluding tert-OH is 4. The third-order valence-corrected chi connectivity index (χ3v) is 8.40. The highest BCUT2D eigenvalue weighted by Crippen LogP contribution is 2.32. The fourth-order valence-electron chi connectivity index (χ4n) is 5.92. The van der Waals surface area contributed by atoms with Crippen molar-refractivity contribution in [1.82, 2.24) is 16.0 Å². The zero-order valence-electron chi connectivity index (χ0n) is 25.0. The molecule has 0 aromatic heterocycles. The fourth-order valence-corrected chi connectivity index (χ4v) is 5.92. The Morgan fingerprint density at radius 3 is 2.47 bits per heavy atom. The van der Waals surface area contributed by atoms with Crippen molar-refractivity contribution in [3.05, 3.63) is 0 Å². The van der Waals surface area contributed by atoms with Crippen molar-refractivity contribution in [1.29, 1.82) is 0 Å². The van der Waals surface area contributed by atoms with Gasteiger partial charge in [-0.2, -0.15) is 0 Å². The van der Waals surface area contributed by atoms with Crippen LogP contribution in [0, 0.1) is 0 Å². The molecule has 2 saturated heterocycles. The maximum atomic E-state index is 12.9. The van der Waals surface area contributed by atoms with Crippen molar-refractivity contribution in [2.75, 3.05) is 39.9 Å². The third-order valence-electron chi connectivity index (χ3n) is 8.40. The van der Waals surface area contributed by atoms with Gasteiger partial charge in [0.15, 0.2) is 12.6 Å². The zero-order valence-corrected chi connectivity index (χ0v) is 25.0. The van der Waals surface area contributed by atoms with Gasteiger partial charge in [0.1, 0.15) is 36.1 Å². The summed E-state index contributed by atoms with van der Waals surface area (Å²) in [6.07, 6.45) is -7.71. The number of carbonyl (C=O) groups excluding carboxylic acids is 1. The van der Waals surface area contributed by atoms with E-state index in [2.05, 4.69) is 16.0 Å². The summed E-state index contributed by atoms with van der Waals surface area (Å²) in [4.78, 5) is 12.9. The lowest BCUT2D eigenvalue weighted by Crippen LogP contribution is -2.69. The first kappa shape index (κ1) is 36.3. The molecule has 43 heavy (non-hydrogen) atoms. The predicted octanol–water partition coefficient (Wildman–Crippen LogP) is -6.16. The molecule has 2 heterocycles. The van der Waals surface area contributed by atoms with E-state index in [1.165, 1.54) is 6.92 Å². The summed E-state index contributed by atoms with van der Waals surface area (Å²) in [5.41, 5.74) is 22.7. The number of rotatable bonds is 14. The van der Waals surface area contributed by atoms with E-state index in [9.17, 15) is 25.2 Å². The fraction of sp³-hybridized carbons (Fsp3) is 0.962. The van der Waals surface area contributed by atoms with Crippen LogP contribution in [-0.4, -0.2) is 156 Å².